The van der Waals surface area contributed by atoms with E-state index in [0.717, 1.165) is 5.56 Å². The number of ether oxygens (including phenoxy) is 3. The van der Waals surface area contributed by atoms with Crippen molar-refractivity contribution in [2.24, 2.45) is 0 Å². The van der Waals surface area contributed by atoms with Gasteiger partial charge in [0.15, 0.2) is 11.5 Å². The minimum Gasteiger partial charge on any atom is -0.493 e. The highest BCUT2D eigenvalue weighted by Gasteiger charge is 2.22. The zero-order valence-electron chi connectivity index (χ0n) is 19.0. The summed E-state index contributed by atoms with van der Waals surface area (Å²) in [6.07, 6.45) is 1.63. The number of hydrogen-bond donors (Lipinski definition) is 1. The van der Waals surface area contributed by atoms with Crippen molar-refractivity contribution >= 4 is 17.7 Å². The summed E-state index contributed by atoms with van der Waals surface area (Å²) in [6, 6.07) is 15.0. The standard InChI is InChI=1S/C24H28N4O4/c1-6-28(23(29)18-14-19(30-3)22(32-5)20(15-18)31-4)21-12-13-25-24(27-21)26-16(2)17-10-8-7-9-11-17/h7-16H,6H2,1-5H3,(H,25,26,27)/t16-/m0/s1. The minimum atomic E-state index is -0.243. The summed E-state index contributed by atoms with van der Waals surface area (Å²) in [5.74, 6) is 1.94. The number of carbonyl (C=O) groups excluding carboxylic acids is 1. The van der Waals surface area contributed by atoms with E-state index in [0.29, 0.717) is 41.1 Å². The molecular weight excluding hydrogens is 408 g/mol. The van der Waals surface area contributed by atoms with Crippen molar-refractivity contribution in [1.82, 2.24) is 9.97 Å². The molecule has 0 unspecified atom stereocenters. The Bertz CT molecular complexity index is 1030. The van der Waals surface area contributed by atoms with Gasteiger partial charge in [-0.25, -0.2) is 4.98 Å². The Morgan fingerprint density at radius 3 is 2.25 bits per heavy atom. The summed E-state index contributed by atoms with van der Waals surface area (Å²) < 4.78 is 16.1. The van der Waals surface area contributed by atoms with E-state index in [1.165, 1.54) is 21.3 Å². The molecule has 2 aromatic carbocycles. The monoisotopic (exact) mass is 436 g/mol. The van der Waals surface area contributed by atoms with Crippen LogP contribution < -0.4 is 24.4 Å². The third-order valence-electron chi connectivity index (χ3n) is 5.04. The molecule has 1 amide bonds. The van der Waals surface area contributed by atoms with E-state index in [1.54, 1.807) is 29.3 Å². The Morgan fingerprint density at radius 2 is 1.69 bits per heavy atom. The van der Waals surface area contributed by atoms with Crippen LogP contribution in [0, 0.1) is 0 Å². The second-order valence-corrected chi connectivity index (χ2v) is 6.98. The van der Waals surface area contributed by atoms with Crippen molar-refractivity contribution in [3.8, 4) is 17.2 Å². The van der Waals surface area contributed by atoms with Crippen LogP contribution in [0.2, 0.25) is 0 Å². The van der Waals surface area contributed by atoms with E-state index < -0.39 is 0 Å². The molecule has 8 heteroatoms. The van der Waals surface area contributed by atoms with Crippen LogP contribution in [-0.4, -0.2) is 43.7 Å². The predicted molar refractivity (Wildman–Crippen MR) is 124 cm³/mol. The van der Waals surface area contributed by atoms with Gasteiger partial charge in [-0.1, -0.05) is 30.3 Å². The van der Waals surface area contributed by atoms with E-state index in [2.05, 4.69) is 15.3 Å². The Morgan fingerprint density at radius 1 is 1.03 bits per heavy atom. The van der Waals surface area contributed by atoms with Gasteiger partial charge in [0.05, 0.1) is 27.4 Å². The Labute approximate surface area is 188 Å². The van der Waals surface area contributed by atoms with Gasteiger partial charge in [0.1, 0.15) is 5.82 Å². The first kappa shape index (κ1) is 22.9. The summed E-state index contributed by atoms with van der Waals surface area (Å²) >= 11 is 0. The molecule has 3 rings (SSSR count). The highest BCUT2D eigenvalue weighted by Crippen LogP contribution is 2.38. The summed E-state index contributed by atoms with van der Waals surface area (Å²) in [6.45, 7) is 4.34. The summed E-state index contributed by atoms with van der Waals surface area (Å²) in [5, 5.41) is 3.29. The Hall–Kier alpha value is -3.81. The van der Waals surface area contributed by atoms with Crippen LogP contribution >= 0.6 is 0 Å². The van der Waals surface area contributed by atoms with E-state index in [9.17, 15) is 4.79 Å². The lowest BCUT2D eigenvalue weighted by Crippen LogP contribution is -2.31. The molecule has 1 atom stereocenters. The molecule has 0 saturated carbocycles. The van der Waals surface area contributed by atoms with Gasteiger partial charge < -0.3 is 19.5 Å². The fraction of sp³-hybridized carbons (Fsp3) is 0.292. The quantitative estimate of drug-likeness (QED) is 0.534. The number of amides is 1. The zero-order chi connectivity index (χ0) is 23.1. The van der Waals surface area contributed by atoms with Crippen LogP contribution in [0.4, 0.5) is 11.8 Å². The minimum absolute atomic E-state index is 0.00679. The molecule has 0 aliphatic rings. The highest BCUT2D eigenvalue weighted by molar-refractivity contribution is 6.06. The van der Waals surface area contributed by atoms with Gasteiger partial charge in [0, 0.05) is 18.3 Å². The van der Waals surface area contributed by atoms with Crippen LogP contribution in [-0.2, 0) is 0 Å². The van der Waals surface area contributed by atoms with Crippen LogP contribution in [0.25, 0.3) is 0 Å². The SMILES string of the molecule is CCN(C(=O)c1cc(OC)c(OC)c(OC)c1)c1ccnc(N[C@@H](C)c2ccccc2)n1. The molecule has 0 radical (unpaired) electrons. The van der Waals surface area contributed by atoms with Crippen molar-refractivity contribution in [2.75, 3.05) is 38.1 Å². The first-order chi connectivity index (χ1) is 15.5. The summed E-state index contributed by atoms with van der Waals surface area (Å²) in [5.41, 5.74) is 1.51. The molecule has 0 aliphatic heterocycles. The highest BCUT2D eigenvalue weighted by atomic mass is 16.5. The lowest BCUT2D eigenvalue weighted by atomic mass is 10.1. The number of hydrogen-bond acceptors (Lipinski definition) is 7. The molecule has 1 heterocycles. The third-order valence-corrected chi connectivity index (χ3v) is 5.04. The fourth-order valence-corrected chi connectivity index (χ4v) is 3.36. The molecule has 1 N–H and O–H groups in total. The van der Waals surface area contributed by atoms with Gasteiger partial charge in [0.25, 0.3) is 5.91 Å². The molecule has 0 saturated heterocycles. The van der Waals surface area contributed by atoms with Crippen molar-refractivity contribution in [2.45, 2.75) is 19.9 Å². The Kier molecular flexibility index (Phi) is 7.49. The average molecular weight is 437 g/mol. The predicted octanol–water partition coefficient (Wildman–Crippen LogP) is 4.34. The Balaban J connectivity index is 1.88. The molecule has 3 aromatic rings. The van der Waals surface area contributed by atoms with Crippen LogP contribution in [0.5, 0.6) is 17.2 Å². The van der Waals surface area contributed by atoms with Crippen molar-refractivity contribution < 1.29 is 19.0 Å². The molecule has 168 valence electrons. The third kappa shape index (κ3) is 4.91. The fourth-order valence-electron chi connectivity index (χ4n) is 3.36. The topological polar surface area (TPSA) is 85.8 Å². The van der Waals surface area contributed by atoms with E-state index >= 15 is 0 Å². The number of benzene rings is 2. The van der Waals surface area contributed by atoms with Gasteiger partial charge in [-0.3, -0.25) is 9.69 Å². The molecule has 0 bridgehead atoms. The lowest BCUT2D eigenvalue weighted by Gasteiger charge is -2.22. The number of nitrogens with zero attached hydrogens (tertiary/aromatic N) is 3. The molecule has 1 aromatic heterocycles. The maximum atomic E-state index is 13.4. The van der Waals surface area contributed by atoms with Gasteiger partial charge in [-0.2, -0.15) is 4.98 Å². The number of nitrogens with one attached hydrogen (secondary N) is 1. The van der Waals surface area contributed by atoms with Crippen molar-refractivity contribution in [3.63, 3.8) is 0 Å². The molecule has 0 spiro atoms. The first-order valence-corrected chi connectivity index (χ1v) is 10.3. The van der Waals surface area contributed by atoms with Gasteiger partial charge >= 0.3 is 0 Å². The molecule has 8 nitrogen and oxygen atoms in total. The average Bonchev–Trinajstić information content (AvgIpc) is 2.84. The maximum Gasteiger partial charge on any atom is 0.259 e. The maximum absolute atomic E-state index is 13.4. The molecular formula is C24H28N4O4. The second kappa shape index (κ2) is 10.5. The molecule has 32 heavy (non-hydrogen) atoms. The van der Waals surface area contributed by atoms with Gasteiger partial charge in [-0.05, 0) is 37.6 Å². The van der Waals surface area contributed by atoms with Crippen molar-refractivity contribution in [1.29, 1.82) is 0 Å². The largest absolute Gasteiger partial charge is 0.493 e. The summed E-state index contributed by atoms with van der Waals surface area (Å²) in [4.78, 5) is 23.8. The van der Waals surface area contributed by atoms with Crippen LogP contribution in [0.1, 0.15) is 35.8 Å². The smallest absolute Gasteiger partial charge is 0.259 e. The van der Waals surface area contributed by atoms with Gasteiger partial charge in [-0.15, -0.1) is 0 Å². The second-order valence-electron chi connectivity index (χ2n) is 6.98. The van der Waals surface area contributed by atoms with Crippen molar-refractivity contribution in [3.05, 3.63) is 65.9 Å². The number of methoxy groups -OCH3 is 3. The first-order valence-electron chi connectivity index (χ1n) is 10.3. The van der Waals surface area contributed by atoms with Crippen LogP contribution in [0.15, 0.2) is 54.7 Å². The van der Waals surface area contributed by atoms with E-state index in [-0.39, 0.29) is 11.9 Å². The molecule has 0 fully saturated rings. The molecule has 0 aliphatic carbocycles. The zero-order valence-corrected chi connectivity index (χ0v) is 19.0. The summed E-state index contributed by atoms with van der Waals surface area (Å²) in [7, 11) is 4.55. The normalized spacial score (nSPS) is 11.4. The van der Waals surface area contributed by atoms with Gasteiger partial charge in [0.2, 0.25) is 11.7 Å². The van der Waals surface area contributed by atoms with Crippen LogP contribution in [0.3, 0.4) is 0 Å². The number of anilines is 2. The van der Waals surface area contributed by atoms with E-state index in [4.69, 9.17) is 14.2 Å². The number of rotatable bonds is 9. The van der Waals surface area contributed by atoms with E-state index in [1.807, 2.05) is 44.2 Å². The lowest BCUT2D eigenvalue weighted by molar-refractivity contribution is 0.0986. The number of carbonyl (C=O) groups is 1. The number of aromatic nitrogens is 2.